The van der Waals surface area contributed by atoms with Crippen LogP contribution >= 0.6 is 24.8 Å². The van der Waals surface area contributed by atoms with Crippen molar-refractivity contribution in [3.8, 4) is 5.75 Å². The van der Waals surface area contributed by atoms with E-state index < -0.39 is 0 Å². The molecule has 4 nitrogen and oxygen atoms in total. The molecule has 0 aromatic heterocycles. The van der Waals surface area contributed by atoms with E-state index in [-0.39, 0.29) is 30.6 Å². The van der Waals surface area contributed by atoms with E-state index in [2.05, 4.69) is 22.3 Å². The van der Waals surface area contributed by atoms with Crippen molar-refractivity contribution in [2.24, 2.45) is 0 Å². The molecule has 1 saturated heterocycles. The second kappa shape index (κ2) is 13.7. The van der Waals surface area contributed by atoms with Crippen molar-refractivity contribution in [1.82, 2.24) is 10.2 Å². The average Bonchev–Trinajstić information content (AvgIpc) is 2.68. The molecule has 1 fully saturated rings. The SMILES string of the molecule is Cl.Cl.Fc1ccc(COc2cccc(CNCCCN3CCOCC3)c2)cc1. The van der Waals surface area contributed by atoms with E-state index in [0.29, 0.717) is 6.61 Å². The maximum atomic E-state index is 12.9. The van der Waals surface area contributed by atoms with Gasteiger partial charge in [-0.3, -0.25) is 4.90 Å². The van der Waals surface area contributed by atoms with Crippen LogP contribution in [-0.4, -0.2) is 44.3 Å². The van der Waals surface area contributed by atoms with Gasteiger partial charge in [-0.2, -0.15) is 0 Å². The molecule has 156 valence electrons. The fraction of sp³-hybridized carbons (Fsp3) is 0.429. The summed E-state index contributed by atoms with van der Waals surface area (Å²) < 4.78 is 24.1. The Bertz CT molecular complexity index is 668. The van der Waals surface area contributed by atoms with Crippen molar-refractivity contribution in [3.63, 3.8) is 0 Å². The number of benzene rings is 2. The molecule has 7 heteroatoms. The van der Waals surface area contributed by atoms with Crippen LogP contribution < -0.4 is 10.1 Å². The zero-order chi connectivity index (χ0) is 18.0. The van der Waals surface area contributed by atoms with Crippen molar-refractivity contribution in [2.75, 3.05) is 39.4 Å². The lowest BCUT2D eigenvalue weighted by Crippen LogP contribution is -2.37. The molecule has 0 radical (unpaired) electrons. The smallest absolute Gasteiger partial charge is 0.123 e. The molecule has 1 heterocycles. The maximum absolute atomic E-state index is 12.9. The Balaban J connectivity index is 0.00000196. The molecule has 0 bridgehead atoms. The molecule has 1 N–H and O–H groups in total. The van der Waals surface area contributed by atoms with Crippen LogP contribution in [0, 0.1) is 5.82 Å². The van der Waals surface area contributed by atoms with Gasteiger partial charge in [0.25, 0.3) is 0 Å². The second-order valence-corrected chi connectivity index (χ2v) is 6.55. The zero-order valence-electron chi connectivity index (χ0n) is 15.9. The first kappa shape index (κ1) is 24.7. The first-order valence-electron chi connectivity index (χ1n) is 9.26. The topological polar surface area (TPSA) is 33.7 Å². The van der Waals surface area contributed by atoms with E-state index in [1.165, 1.54) is 17.7 Å². The van der Waals surface area contributed by atoms with E-state index in [1.807, 2.05) is 12.1 Å². The number of hydrogen-bond acceptors (Lipinski definition) is 4. The highest BCUT2D eigenvalue weighted by Crippen LogP contribution is 2.15. The summed E-state index contributed by atoms with van der Waals surface area (Å²) in [5, 5.41) is 3.49. The van der Waals surface area contributed by atoms with Gasteiger partial charge in [0.15, 0.2) is 0 Å². The van der Waals surface area contributed by atoms with E-state index >= 15 is 0 Å². The van der Waals surface area contributed by atoms with Gasteiger partial charge in [-0.15, -0.1) is 24.8 Å². The van der Waals surface area contributed by atoms with Gasteiger partial charge in [-0.25, -0.2) is 4.39 Å². The largest absolute Gasteiger partial charge is 0.489 e. The third-order valence-electron chi connectivity index (χ3n) is 4.48. The van der Waals surface area contributed by atoms with Crippen LogP contribution in [0.3, 0.4) is 0 Å². The Morgan fingerprint density at radius 2 is 1.75 bits per heavy atom. The third kappa shape index (κ3) is 8.76. The molecule has 0 spiro atoms. The Hall–Kier alpha value is -1.37. The molecule has 0 aliphatic carbocycles. The summed E-state index contributed by atoms with van der Waals surface area (Å²) in [7, 11) is 0. The Morgan fingerprint density at radius 3 is 2.50 bits per heavy atom. The molecular weight excluding hydrogens is 402 g/mol. The lowest BCUT2D eigenvalue weighted by atomic mass is 10.2. The Labute approximate surface area is 179 Å². The van der Waals surface area contributed by atoms with Gasteiger partial charge in [0.1, 0.15) is 18.2 Å². The van der Waals surface area contributed by atoms with Crippen LogP contribution in [0.2, 0.25) is 0 Å². The molecule has 1 aliphatic heterocycles. The maximum Gasteiger partial charge on any atom is 0.123 e. The fourth-order valence-electron chi connectivity index (χ4n) is 2.98. The monoisotopic (exact) mass is 430 g/mol. The van der Waals surface area contributed by atoms with Gasteiger partial charge in [0, 0.05) is 19.6 Å². The van der Waals surface area contributed by atoms with Crippen molar-refractivity contribution in [1.29, 1.82) is 0 Å². The van der Waals surface area contributed by atoms with E-state index in [0.717, 1.165) is 63.7 Å². The molecule has 2 aromatic rings. The van der Waals surface area contributed by atoms with Crippen LogP contribution in [0.15, 0.2) is 48.5 Å². The van der Waals surface area contributed by atoms with Crippen molar-refractivity contribution in [2.45, 2.75) is 19.6 Å². The minimum atomic E-state index is -0.226. The summed E-state index contributed by atoms with van der Waals surface area (Å²) in [5.41, 5.74) is 2.16. The molecule has 1 aliphatic rings. The summed E-state index contributed by atoms with van der Waals surface area (Å²) in [6, 6.07) is 14.5. The van der Waals surface area contributed by atoms with Gasteiger partial charge < -0.3 is 14.8 Å². The predicted molar refractivity (Wildman–Crippen MR) is 115 cm³/mol. The summed E-state index contributed by atoms with van der Waals surface area (Å²) in [4.78, 5) is 2.45. The van der Waals surface area contributed by atoms with Gasteiger partial charge in [0.05, 0.1) is 13.2 Å². The Morgan fingerprint density at radius 1 is 1.00 bits per heavy atom. The molecule has 3 rings (SSSR count). The first-order chi connectivity index (χ1) is 12.8. The number of nitrogens with one attached hydrogen (secondary N) is 1. The summed E-state index contributed by atoms with van der Waals surface area (Å²) >= 11 is 0. The highest BCUT2D eigenvalue weighted by Gasteiger charge is 2.08. The van der Waals surface area contributed by atoms with E-state index in [4.69, 9.17) is 9.47 Å². The summed E-state index contributed by atoms with van der Waals surface area (Å²) in [6.45, 7) is 7.21. The molecule has 28 heavy (non-hydrogen) atoms. The van der Waals surface area contributed by atoms with Crippen molar-refractivity contribution < 1.29 is 13.9 Å². The predicted octanol–water partition coefficient (Wildman–Crippen LogP) is 4.06. The number of hydrogen-bond donors (Lipinski definition) is 1. The highest BCUT2D eigenvalue weighted by atomic mass is 35.5. The summed E-state index contributed by atoms with van der Waals surface area (Å²) in [5.74, 6) is 0.609. The molecule has 0 atom stereocenters. The van der Waals surface area contributed by atoms with Crippen LogP contribution in [0.1, 0.15) is 17.5 Å². The number of rotatable bonds is 9. The van der Waals surface area contributed by atoms with Gasteiger partial charge >= 0.3 is 0 Å². The van der Waals surface area contributed by atoms with Gasteiger partial charge in [-0.1, -0.05) is 24.3 Å². The quantitative estimate of drug-likeness (QED) is 0.608. The lowest BCUT2D eigenvalue weighted by molar-refractivity contribution is 0.0374. The summed E-state index contributed by atoms with van der Waals surface area (Å²) in [6.07, 6.45) is 1.14. The van der Waals surface area contributed by atoms with Crippen LogP contribution in [0.25, 0.3) is 0 Å². The number of morpholine rings is 1. The fourth-order valence-corrected chi connectivity index (χ4v) is 2.98. The second-order valence-electron chi connectivity index (χ2n) is 6.55. The van der Waals surface area contributed by atoms with Gasteiger partial charge in [0.2, 0.25) is 0 Å². The third-order valence-corrected chi connectivity index (χ3v) is 4.48. The zero-order valence-corrected chi connectivity index (χ0v) is 17.6. The highest BCUT2D eigenvalue weighted by molar-refractivity contribution is 5.85. The normalized spacial score (nSPS) is 14.0. The minimum absolute atomic E-state index is 0. The van der Waals surface area contributed by atoms with Crippen LogP contribution in [0.5, 0.6) is 5.75 Å². The molecule has 2 aromatic carbocycles. The molecular formula is C21H29Cl2FN2O2. The molecule has 0 saturated carbocycles. The molecule has 0 amide bonds. The van der Waals surface area contributed by atoms with E-state index in [9.17, 15) is 4.39 Å². The van der Waals surface area contributed by atoms with Crippen LogP contribution in [-0.2, 0) is 17.9 Å². The number of ether oxygens (including phenoxy) is 2. The number of nitrogens with zero attached hydrogens (tertiary/aromatic N) is 1. The Kier molecular flexibility index (Phi) is 12.1. The lowest BCUT2D eigenvalue weighted by Gasteiger charge is -2.26. The van der Waals surface area contributed by atoms with E-state index in [1.54, 1.807) is 12.1 Å². The van der Waals surface area contributed by atoms with Crippen molar-refractivity contribution in [3.05, 3.63) is 65.5 Å². The number of halogens is 3. The van der Waals surface area contributed by atoms with Crippen LogP contribution in [0.4, 0.5) is 4.39 Å². The standard InChI is InChI=1S/C21H27FN2O2.2ClH/c22-20-7-5-18(6-8-20)17-26-21-4-1-3-19(15-21)16-23-9-2-10-24-11-13-25-14-12-24;;/h1,3-8,15,23H,2,9-14,16-17H2;2*1H. The molecule has 0 unspecified atom stereocenters. The van der Waals surface area contributed by atoms with Crippen molar-refractivity contribution >= 4 is 24.8 Å². The first-order valence-corrected chi connectivity index (χ1v) is 9.26. The van der Waals surface area contributed by atoms with Gasteiger partial charge in [-0.05, 0) is 54.9 Å². The minimum Gasteiger partial charge on any atom is -0.489 e. The average molecular weight is 431 g/mol.